The summed E-state index contributed by atoms with van der Waals surface area (Å²) in [5.74, 6) is 0.524. The largest absolute Gasteiger partial charge is 0.356 e. The van der Waals surface area contributed by atoms with Crippen LogP contribution in [0.25, 0.3) is 0 Å². The highest BCUT2D eigenvalue weighted by molar-refractivity contribution is 7.09. The molecular weight excluding hydrogens is 294 g/mol. The molecule has 0 aromatic carbocycles. The van der Waals surface area contributed by atoms with E-state index in [1.165, 1.54) is 10.6 Å². The van der Waals surface area contributed by atoms with Crippen molar-refractivity contribution in [3.8, 4) is 0 Å². The Bertz CT molecular complexity index is 589. The third-order valence-corrected chi connectivity index (χ3v) is 4.58. The third-order valence-electron chi connectivity index (χ3n) is 3.64. The van der Waals surface area contributed by atoms with Crippen molar-refractivity contribution in [2.24, 2.45) is 5.92 Å². The average molecular weight is 319 g/mol. The van der Waals surface area contributed by atoms with Gasteiger partial charge in [0.05, 0.1) is 5.69 Å². The predicted octanol–water partition coefficient (Wildman–Crippen LogP) is 3.34. The lowest BCUT2D eigenvalue weighted by molar-refractivity contribution is -0.121. The molecule has 2 aromatic heterocycles. The van der Waals surface area contributed by atoms with Gasteiger partial charge < -0.3 is 5.32 Å². The molecule has 0 aliphatic rings. The Hall–Kier alpha value is -1.62. The van der Waals surface area contributed by atoms with Gasteiger partial charge in [-0.15, -0.1) is 11.3 Å². The quantitative estimate of drug-likeness (QED) is 0.811. The maximum atomic E-state index is 11.9. The van der Waals surface area contributed by atoms with Crippen LogP contribution in [0.15, 0.2) is 23.6 Å². The molecule has 0 saturated heterocycles. The first kappa shape index (κ1) is 16.7. The molecule has 0 fully saturated rings. The zero-order chi connectivity index (χ0) is 15.9. The molecule has 0 aliphatic heterocycles. The Balaban J connectivity index is 1.64. The van der Waals surface area contributed by atoms with E-state index >= 15 is 0 Å². The molecule has 1 amide bonds. The molecular formula is C17H25N3OS. The summed E-state index contributed by atoms with van der Waals surface area (Å²) < 4.78 is 2.02. The number of hydrogen-bond donors (Lipinski definition) is 1. The Labute approximate surface area is 136 Å². The number of thiophene rings is 1. The monoisotopic (exact) mass is 319 g/mol. The van der Waals surface area contributed by atoms with E-state index in [2.05, 4.69) is 47.8 Å². The van der Waals surface area contributed by atoms with Crippen LogP contribution in [0.5, 0.6) is 0 Å². The van der Waals surface area contributed by atoms with Crippen molar-refractivity contribution in [3.63, 3.8) is 0 Å². The summed E-state index contributed by atoms with van der Waals surface area (Å²) in [6, 6.07) is 6.26. The van der Waals surface area contributed by atoms with Crippen molar-refractivity contribution in [1.82, 2.24) is 15.1 Å². The standard InChI is InChI=1S/C17H25N3OS/c1-13(12-20-15(3)10-14(2)19-20)11-18-17(21)8-4-6-16-7-5-9-22-16/h5,7,9-10,13H,4,6,8,11-12H2,1-3H3,(H,18,21). The highest BCUT2D eigenvalue weighted by Crippen LogP contribution is 2.12. The smallest absolute Gasteiger partial charge is 0.220 e. The lowest BCUT2D eigenvalue weighted by Gasteiger charge is -2.14. The van der Waals surface area contributed by atoms with Crippen molar-refractivity contribution >= 4 is 17.2 Å². The number of carbonyl (C=O) groups is 1. The topological polar surface area (TPSA) is 46.9 Å². The molecule has 120 valence electrons. The number of carbonyl (C=O) groups excluding carboxylic acids is 1. The van der Waals surface area contributed by atoms with Gasteiger partial charge in [0.1, 0.15) is 0 Å². The molecule has 0 aliphatic carbocycles. The van der Waals surface area contributed by atoms with Gasteiger partial charge in [-0.2, -0.15) is 5.10 Å². The third kappa shape index (κ3) is 5.30. The van der Waals surface area contributed by atoms with Crippen LogP contribution in [0.3, 0.4) is 0 Å². The number of aromatic nitrogens is 2. The minimum absolute atomic E-state index is 0.150. The van der Waals surface area contributed by atoms with Gasteiger partial charge in [-0.1, -0.05) is 13.0 Å². The zero-order valence-corrected chi connectivity index (χ0v) is 14.4. The molecule has 22 heavy (non-hydrogen) atoms. The molecule has 5 heteroatoms. The SMILES string of the molecule is Cc1cc(C)n(CC(C)CNC(=O)CCCc2cccs2)n1. The number of nitrogens with one attached hydrogen (secondary N) is 1. The molecule has 2 aromatic rings. The van der Waals surface area contributed by atoms with Crippen molar-refractivity contribution in [3.05, 3.63) is 39.8 Å². The first-order valence-corrected chi connectivity index (χ1v) is 8.72. The molecule has 0 bridgehead atoms. The summed E-state index contributed by atoms with van der Waals surface area (Å²) in [7, 11) is 0. The van der Waals surface area contributed by atoms with E-state index in [1.54, 1.807) is 11.3 Å². The van der Waals surface area contributed by atoms with Crippen molar-refractivity contribution < 1.29 is 4.79 Å². The maximum Gasteiger partial charge on any atom is 0.220 e. The average Bonchev–Trinajstić information content (AvgIpc) is 3.07. The second kappa shape index (κ2) is 8.13. The van der Waals surface area contributed by atoms with E-state index in [1.807, 2.05) is 11.6 Å². The van der Waals surface area contributed by atoms with Crippen LogP contribution < -0.4 is 5.32 Å². The highest BCUT2D eigenvalue weighted by atomic mass is 32.1. The van der Waals surface area contributed by atoms with Gasteiger partial charge in [0, 0.05) is 30.1 Å². The Kier molecular flexibility index (Phi) is 6.19. The second-order valence-corrected chi connectivity index (χ2v) is 6.98. The summed E-state index contributed by atoms with van der Waals surface area (Å²) in [5.41, 5.74) is 2.22. The first-order chi connectivity index (χ1) is 10.5. The molecule has 0 saturated carbocycles. The fraction of sp³-hybridized carbons (Fsp3) is 0.529. The number of amides is 1. The molecule has 4 nitrogen and oxygen atoms in total. The Morgan fingerprint density at radius 2 is 2.27 bits per heavy atom. The number of hydrogen-bond acceptors (Lipinski definition) is 3. The van der Waals surface area contributed by atoms with Crippen LogP contribution in [0.1, 0.15) is 36.0 Å². The normalized spacial score (nSPS) is 12.3. The van der Waals surface area contributed by atoms with Crippen LogP contribution in [0.2, 0.25) is 0 Å². The minimum Gasteiger partial charge on any atom is -0.356 e. The van der Waals surface area contributed by atoms with Gasteiger partial charge in [0.15, 0.2) is 0 Å². The lowest BCUT2D eigenvalue weighted by Crippen LogP contribution is -2.30. The summed E-state index contributed by atoms with van der Waals surface area (Å²) >= 11 is 1.76. The lowest BCUT2D eigenvalue weighted by atomic mass is 10.1. The Morgan fingerprint density at radius 1 is 1.45 bits per heavy atom. The second-order valence-electron chi connectivity index (χ2n) is 5.95. The van der Waals surface area contributed by atoms with Crippen molar-refractivity contribution in [1.29, 1.82) is 0 Å². The van der Waals surface area contributed by atoms with Gasteiger partial charge in [0.2, 0.25) is 5.91 Å². The van der Waals surface area contributed by atoms with E-state index in [4.69, 9.17) is 0 Å². The van der Waals surface area contributed by atoms with E-state index in [9.17, 15) is 4.79 Å². The zero-order valence-electron chi connectivity index (χ0n) is 13.6. The van der Waals surface area contributed by atoms with E-state index in [0.717, 1.165) is 25.1 Å². The summed E-state index contributed by atoms with van der Waals surface area (Å²) in [5, 5.41) is 9.57. The molecule has 0 spiro atoms. The fourth-order valence-electron chi connectivity index (χ4n) is 2.47. The number of nitrogens with zero attached hydrogens (tertiary/aromatic N) is 2. The van der Waals surface area contributed by atoms with Crippen molar-refractivity contribution in [2.45, 2.75) is 46.6 Å². The van der Waals surface area contributed by atoms with Gasteiger partial charge in [-0.05, 0) is 50.1 Å². The van der Waals surface area contributed by atoms with Crippen molar-refractivity contribution in [2.75, 3.05) is 6.54 Å². The highest BCUT2D eigenvalue weighted by Gasteiger charge is 2.09. The van der Waals surface area contributed by atoms with E-state index < -0.39 is 0 Å². The molecule has 2 heterocycles. The minimum atomic E-state index is 0.150. The Morgan fingerprint density at radius 3 is 2.91 bits per heavy atom. The molecule has 2 rings (SSSR count). The van der Waals surface area contributed by atoms with Gasteiger partial charge >= 0.3 is 0 Å². The van der Waals surface area contributed by atoms with Gasteiger partial charge in [0.25, 0.3) is 0 Å². The summed E-state index contributed by atoms with van der Waals surface area (Å²) in [4.78, 5) is 13.2. The first-order valence-electron chi connectivity index (χ1n) is 7.84. The number of rotatable bonds is 8. The molecule has 1 N–H and O–H groups in total. The predicted molar refractivity (Wildman–Crippen MR) is 91.1 cm³/mol. The van der Waals surface area contributed by atoms with Crippen LogP contribution in [0, 0.1) is 19.8 Å². The summed E-state index contributed by atoms with van der Waals surface area (Å²) in [6.45, 7) is 7.76. The van der Waals surface area contributed by atoms with Crippen LogP contribution >= 0.6 is 11.3 Å². The van der Waals surface area contributed by atoms with Gasteiger partial charge in [-0.25, -0.2) is 0 Å². The maximum absolute atomic E-state index is 11.9. The van der Waals surface area contributed by atoms with Gasteiger partial charge in [-0.3, -0.25) is 9.48 Å². The molecule has 1 unspecified atom stereocenters. The van der Waals surface area contributed by atoms with Crippen LogP contribution in [-0.2, 0) is 17.8 Å². The fourth-order valence-corrected chi connectivity index (χ4v) is 3.23. The molecule has 1 atom stereocenters. The van der Waals surface area contributed by atoms with Crippen LogP contribution in [-0.4, -0.2) is 22.2 Å². The summed E-state index contributed by atoms with van der Waals surface area (Å²) in [6.07, 6.45) is 2.51. The van der Waals surface area contributed by atoms with Crippen LogP contribution in [0.4, 0.5) is 0 Å². The molecule has 0 radical (unpaired) electrons. The van der Waals surface area contributed by atoms with E-state index in [-0.39, 0.29) is 5.91 Å². The number of aryl methyl sites for hydroxylation is 3. The van der Waals surface area contributed by atoms with E-state index in [0.29, 0.717) is 18.9 Å².